The SMILES string of the molecule is C=CC(=O)OCCCc1ccc(N(c2ccccc2)c2ccc(CCCOC(=O)C=C)cc2)cc1. The van der Waals surface area contributed by atoms with Gasteiger partial charge < -0.3 is 14.4 Å². The minimum absolute atomic E-state index is 0.381. The summed E-state index contributed by atoms with van der Waals surface area (Å²) < 4.78 is 10.1. The lowest BCUT2D eigenvalue weighted by Crippen LogP contribution is -2.10. The second-order valence-electron chi connectivity index (χ2n) is 7.95. The maximum Gasteiger partial charge on any atom is 0.330 e. The summed E-state index contributed by atoms with van der Waals surface area (Å²) in [7, 11) is 0. The van der Waals surface area contributed by atoms with Crippen LogP contribution in [0.1, 0.15) is 24.0 Å². The minimum Gasteiger partial charge on any atom is -0.463 e. The van der Waals surface area contributed by atoms with Gasteiger partial charge in [0.1, 0.15) is 0 Å². The average Bonchev–Trinajstić information content (AvgIpc) is 2.91. The molecular formula is C30H31NO4. The molecule has 0 aliphatic carbocycles. The third-order valence-electron chi connectivity index (χ3n) is 5.45. The summed E-state index contributed by atoms with van der Waals surface area (Å²) in [4.78, 5) is 24.5. The van der Waals surface area contributed by atoms with Crippen molar-refractivity contribution in [2.45, 2.75) is 25.7 Å². The number of rotatable bonds is 13. The molecule has 5 heteroatoms. The topological polar surface area (TPSA) is 55.8 Å². The number of nitrogens with zero attached hydrogens (tertiary/aromatic N) is 1. The molecule has 180 valence electrons. The summed E-state index contributed by atoms with van der Waals surface area (Å²) in [6.45, 7) is 7.57. The van der Waals surface area contributed by atoms with Crippen LogP contribution < -0.4 is 4.90 Å². The third kappa shape index (κ3) is 8.00. The van der Waals surface area contributed by atoms with Gasteiger partial charge in [-0.2, -0.15) is 0 Å². The van der Waals surface area contributed by atoms with E-state index < -0.39 is 0 Å². The van der Waals surface area contributed by atoms with Crippen LogP contribution in [0.15, 0.2) is 104 Å². The molecule has 0 radical (unpaired) electrons. The molecule has 3 aromatic rings. The number of esters is 2. The van der Waals surface area contributed by atoms with Crippen LogP contribution in [0.2, 0.25) is 0 Å². The fourth-order valence-corrected chi connectivity index (χ4v) is 3.66. The zero-order valence-electron chi connectivity index (χ0n) is 19.9. The lowest BCUT2D eigenvalue weighted by molar-refractivity contribution is -0.138. The molecular weight excluding hydrogens is 438 g/mol. The quantitative estimate of drug-likeness (QED) is 0.163. The van der Waals surface area contributed by atoms with E-state index in [0.29, 0.717) is 13.2 Å². The first-order chi connectivity index (χ1) is 17.1. The van der Waals surface area contributed by atoms with E-state index in [1.165, 1.54) is 23.3 Å². The highest BCUT2D eigenvalue weighted by molar-refractivity contribution is 5.81. The van der Waals surface area contributed by atoms with Gasteiger partial charge in [-0.25, -0.2) is 9.59 Å². The van der Waals surface area contributed by atoms with E-state index >= 15 is 0 Å². The molecule has 0 unspecified atom stereocenters. The van der Waals surface area contributed by atoms with Crippen molar-refractivity contribution in [2.75, 3.05) is 18.1 Å². The Morgan fingerprint density at radius 1 is 0.629 bits per heavy atom. The van der Waals surface area contributed by atoms with Gasteiger partial charge in [0.15, 0.2) is 0 Å². The molecule has 5 nitrogen and oxygen atoms in total. The molecule has 0 N–H and O–H groups in total. The maximum atomic E-state index is 11.2. The molecule has 0 bridgehead atoms. The van der Waals surface area contributed by atoms with E-state index in [-0.39, 0.29) is 11.9 Å². The average molecular weight is 470 g/mol. The van der Waals surface area contributed by atoms with Crippen molar-refractivity contribution < 1.29 is 19.1 Å². The largest absolute Gasteiger partial charge is 0.463 e. The first kappa shape index (κ1) is 25.5. The van der Waals surface area contributed by atoms with Crippen LogP contribution in [0, 0.1) is 0 Å². The number of carbonyl (C=O) groups excluding carboxylic acids is 2. The number of hydrogen-bond acceptors (Lipinski definition) is 5. The Morgan fingerprint density at radius 3 is 1.43 bits per heavy atom. The van der Waals surface area contributed by atoms with Gasteiger partial charge in [-0.05, 0) is 73.2 Å². The van der Waals surface area contributed by atoms with Gasteiger partial charge in [0.25, 0.3) is 0 Å². The molecule has 35 heavy (non-hydrogen) atoms. The number of para-hydroxylation sites is 1. The third-order valence-corrected chi connectivity index (χ3v) is 5.45. The van der Waals surface area contributed by atoms with Gasteiger partial charge >= 0.3 is 11.9 Å². The van der Waals surface area contributed by atoms with Crippen LogP contribution in [0.5, 0.6) is 0 Å². The predicted molar refractivity (Wildman–Crippen MR) is 140 cm³/mol. The maximum absolute atomic E-state index is 11.2. The Hall–Kier alpha value is -4.12. The van der Waals surface area contributed by atoms with Crippen molar-refractivity contribution in [3.05, 3.63) is 115 Å². The molecule has 0 saturated carbocycles. The van der Waals surface area contributed by atoms with Gasteiger partial charge in [-0.3, -0.25) is 0 Å². The molecule has 0 atom stereocenters. The summed E-state index contributed by atoms with van der Waals surface area (Å²) in [5, 5.41) is 0. The number of anilines is 3. The number of hydrogen-bond donors (Lipinski definition) is 0. The van der Waals surface area contributed by atoms with Gasteiger partial charge in [0.2, 0.25) is 0 Å². The van der Waals surface area contributed by atoms with Crippen molar-refractivity contribution >= 4 is 29.0 Å². The smallest absolute Gasteiger partial charge is 0.330 e. The zero-order valence-corrected chi connectivity index (χ0v) is 19.9. The van der Waals surface area contributed by atoms with E-state index in [2.05, 4.69) is 78.7 Å². The van der Waals surface area contributed by atoms with Gasteiger partial charge in [0, 0.05) is 29.2 Å². The molecule has 0 fully saturated rings. The Labute approximate surface area is 207 Å². The molecule has 0 saturated heterocycles. The molecule has 0 amide bonds. The van der Waals surface area contributed by atoms with Crippen molar-refractivity contribution in [2.24, 2.45) is 0 Å². The molecule has 0 heterocycles. The summed E-state index contributed by atoms with van der Waals surface area (Å²) in [6, 6.07) is 27.1. The van der Waals surface area contributed by atoms with Crippen molar-refractivity contribution in [1.29, 1.82) is 0 Å². The second-order valence-corrected chi connectivity index (χ2v) is 7.95. The fraction of sp³-hybridized carbons (Fsp3) is 0.200. The molecule has 0 aliphatic rings. The Balaban J connectivity index is 1.68. The first-order valence-corrected chi connectivity index (χ1v) is 11.7. The number of carbonyl (C=O) groups is 2. The summed E-state index contributed by atoms with van der Waals surface area (Å²) in [5.41, 5.74) is 5.55. The highest BCUT2D eigenvalue weighted by Gasteiger charge is 2.12. The Bertz CT molecular complexity index is 1030. The number of benzene rings is 3. The van der Waals surface area contributed by atoms with Crippen molar-refractivity contribution in [3.8, 4) is 0 Å². The zero-order chi connectivity index (χ0) is 24.9. The van der Waals surface area contributed by atoms with Crippen LogP contribution in [-0.2, 0) is 31.9 Å². The summed E-state index contributed by atoms with van der Waals surface area (Å²) in [5.74, 6) is -0.776. The van der Waals surface area contributed by atoms with E-state index in [4.69, 9.17) is 9.47 Å². The molecule has 3 aromatic carbocycles. The van der Waals surface area contributed by atoms with Gasteiger partial charge in [0.05, 0.1) is 13.2 Å². The summed E-state index contributed by atoms with van der Waals surface area (Å²) >= 11 is 0. The standard InChI is InChI=1S/C30H31NO4/c1-3-29(32)34-22-8-10-24-14-18-27(19-15-24)31(26-12-6-5-7-13-26)28-20-16-25(17-21-28)11-9-23-35-30(33)4-2/h3-7,12-21H,1-2,8-11,22-23H2. The molecule has 0 spiro atoms. The van der Waals surface area contributed by atoms with Crippen LogP contribution in [0.3, 0.4) is 0 Å². The summed E-state index contributed by atoms with van der Waals surface area (Å²) in [6.07, 6.45) is 5.53. The molecule has 0 aromatic heterocycles. The van der Waals surface area contributed by atoms with Gasteiger partial charge in [-0.15, -0.1) is 0 Å². The molecule has 3 rings (SSSR count). The monoisotopic (exact) mass is 469 g/mol. The van der Waals surface area contributed by atoms with Crippen LogP contribution >= 0.6 is 0 Å². The van der Waals surface area contributed by atoms with Crippen molar-refractivity contribution in [3.63, 3.8) is 0 Å². The van der Waals surface area contributed by atoms with Crippen LogP contribution in [-0.4, -0.2) is 25.2 Å². The Morgan fingerprint density at radius 2 is 1.03 bits per heavy atom. The molecule has 0 aliphatic heterocycles. The Kier molecular flexibility index (Phi) is 9.88. The number of aryl methyl sites for hydroxylation is 2. The predicted octanol–water partition coefficient (Wildman–Crippen LogP) is 6.48. The van der Waals surface area contributed by atoms with Crippen LogP contribution in [0.4, 0.5) is 17.1 Å². The van der Waals surface area contributed by atoms with E-state index in [0.717, 1.165) is 42.7 Å². The fourth-order valence-electron chi connectivity index (χ4n) is 3.66. The lowest BCUT2D eigenvalue weighted by atomic mass is 10.1. The van der Waals surface area contributed by atoms with Crippen molar-refractivity contribution in [1.82, 2.24) is 0 Å². The highest BCUT2D eigenvalue weighted by Crippen LogP contribution is 2.34. The lowest BCUT2D eigenvalue weighted by Gasteiger charge is -2.26. The van der Waals surface area contributed by atoms with E-state index in [9.17, 15) is 9.59 Å². The number of ether oxygens (including phenoxy) is 2. The van der Waals surface area contributed by atoms with E-state index in [1.54, 1.807) is 0 Å². The van der Waals surface area contributed by atoms with E-state index in [1.807, 2.05) is 18.2 Å². The van der Waals surface area contributed by atoms with Crippen LogP contribution in [0.25, 0.3) is 0 Å². The second kappa shape index (κ2) is 13.6. The van der Waals surface area contributed by atoms with Gasteiger partial charge in [-0.1, -0.05) is 55.6 Å². The first-order valence-electron chi connectivity index (χ1n) is 11.7. The highest BCUT2D eigenvalue weighted by atomic mass is 16.5. The minimum atomic E-state index is -0.388. The normalized spacial score (nSPS) is 10.3.